The zero-order valence-electron chi connectivity index (χ0n) is 10.5. The highest BCUT2D eigenvalue weighted by Gasteiger charge is 2.69. The van der Waals surface area contributed by atoms with Gasteiger partial charge in [0.2, 0.25) is 5.79 Å². The summed E-state index contributed by atoms with van der Waals surface area (Å²) < 4.78 is 0. The van der Waals surface area contributed by atoms with Crippen LogP contribution in [0.1, 0.15) is 6.42 Å². The first-order valence-corrected chi connectivity index (χ1v) is 6.10. The van der Waals surface area contributed by atoms with Gasteiger partial charge in [-0.1, -0.05) is 5.11 Å². The first kappa shape index (κ1) is 12.8. The Balaban J connectivity index is 2.10. The van der Waals surface area contributed by atoms with E-state index in [0.717, 1.165) is 0 Å². The van der Waals surface area contributed by atoms with Gasteiger partial charge in [-0.05, 0) is 5.53 Å². The van der Waals surface area contributed by atoms with Crippen molar-refractivity contribution in [2.75, 3.05) is 13.1 Å². The molecule has 0 radical (unpaired) electrons. The highest BCUT2D eigenvalue weighted by Crippen LogP contribution is 2.44. The van der Waals surface area contributed by atoms with E-state index >= 15 is 0 Å². The van der Waals surface area contributed by atoms with Gasteiger partial charge in [-0.25, -0.2) is 9.98 Å². The van der Waals surface area contributed by atoms with Gasteiger partial charge in [-0.3, -0.25) is 0 Å². The van der Waals surface area contributed by atoms with Crippen molar-refractivity contribution in [2.24, 2.45) is 26.6 Å². The molecule has 7 N–H and O–H groups in total. The molecule has 3 aliphatic rings. The number of aliphatic hydroxyl groups is 2. The number of guanidine groups is 2. The van der Waals surface area contributed by atoms with E-state index < -0.39 is 23.5 Å². The first-order chi connectivity index (χ1) is 9.42. The quantitative estimate of drug-likeness (QED) is 0.159. The summed E-state index contributed by atoms with van der Waals surface area (Å²) in [5.41, 5.74) is 18.7. The number of aliphatic imine (C=N–C) groups is 2. The summed E-state index contributed by atoms with van der Waals surface area (Å²) in [6.07, 6.45) is 0.0732. The number of hydrogen-bond acceptors (Lipinski definition) is 9. The van der Waals surface area contributed by atoms with Gasteiger partial charge < -0.3 is 31.9 Å². The van der Waals surface area contributed by atoms with E-state index in [4.69, 9.17) is 17.0 Å². The number of azide groups is 1. The summed E-state index contributed by atoms with van der Waals surface area (Å²) in [5.74, 6) is -1.86. The normalized spacial score (nSPS) is 37.2. The van der Waals surface area contributed by atoms with Crippen LogP contribution in [-0.2, 0) is 0 Å². The van der Waals surface area contributed by atoms with Crippen LogP contribution in [-0.4, -0.2) is 63.7 Å². The minimum atomic E-state index is -2.07. The Labute approximate surface area is 113 Å². The molecule has 108 valence electrons. The average molecular weight is 281 g/mol. The molecule has 3 rings (SSSR count). The van der Waals surface area contributed by atoms with Gasteiger partial charge in [0.05, 0.1) is 12.6 Å². The molecule has 3 aliphatic heterocycles. The predicted molar refractivity (Wildman–Crippen MR) is 69.2 cm³/mol. The summed E-state index contributed by atoms with van der Waals surface area (Å²) in [7, 11) is 0. The molecule has 0 bridgehead atoms. The molecule has 11 nitrogen and oxygen atoms in total. The van der Waals surface area contributed by atoms with Gasteiger partial charge in [0.15, 0.2) is 17.6 Å². The SMILES string of the molecule is [N-]=[N+]=NC[C@H]1N=C(N)N2CCC(O)(O)[C@@]23NC(N)=N[C@@H]13. The van der Waals surface area contributed by atoms with Crippen molar-refractivity contribution in [1.29, 1.82) is 0 Å². The summed E-state index contributed by atoms with van der Waals surface area (Å²) in [4.78, 5) is 12.6. The highest BCUT2D eigenvalue weighted by atomic mass is 16.5. The second-order valence-corrected chi connectivity index (χ2v) is 5.04. The summed E-state index contributed by atoms with van der Waals surface area (Å²) in [6, 6.07) is -1.30. The van der Waals surface area contributed by atoms with Crippen LogP contribution in [0.4, 0.5) is 0 Å². The van der Waals surface area contributed by atoms with E-state index in [9.17, 15) is 10.2 Å². The maximum atomic E-state index is 10.3. The van der Waals surface area contributed by atoms with Crippen molar-refractivity contribution in [3.05, 3.63) is 10.4 Å². The Morgan fingerprint density at radius 3 is 2.95 bits per heavy atom. The lowest BCUT2D eigenvalue weighted by Gasteiger charge is -2.48. The van der Waals surface area contributed by atoms with Crippen LogP contribution in [0.2, 0.25) is 0 Å². The van der Waals surface area contributed by atoms with Crippen molar-refractivity contribution in [3.63, 3.8) is 0 Å². The van der Waals surface area contributed by atoms with Crippen LogP contribution < -0.4 is 16.8 Å². The van der Waals surface area contributed by atoms with Crippen molar-refractivity contribution in [1.82, 2.24) is 10.2 Å². The highest BCUT2D eigenvalue weighted by molar-refractivity contribution is 5.87. The second-order valence-electron chi connectivity index (χ2n) is 5.04. The van der Waals surface area contributed by atoms with Gasteiger partial charge in [-0.2, -0.15) is 0 Å². The number of nitrogens with zero attached hydrogens (tertiary/aromatic N) is 6. The van der Waals surface area contributed by atoms with Gasteiger partial charge >= 0.3 is 0 Å². The van der Waals surface area contributed by atoms with E-state index in [0.29, 0.717) is 6.54 Å². The third-order valence-corrected chi connectivity index (χ3v) is 4.02. The van der Waals surface area contributed by atoms with Crippen LogP contribution in [0.3, 0.4) is 0 Å². The van der Waals surface area contributed by atoms with Crippen LogP contribution in [0.15, 0.2) is 15.1 Å². The van der Waals surface area contributed by atoms with Gasteiger partial charge in [0.25, 0.3) is 0 Å². The molecule has 11 heteroatoms. The number of hydrogen-bond donors (Lipinski definition) is 5. The van der Waals surface area contributed by atoms with E-state index in [1.54, 1.807) is 4.90 Å². The van der Waals surface area contributed by atoms with Crippen LogP contribution >= 0.6 is 0 Å². The van der Waals surface area contributed by atoms with Crippen molar-refractivity contribution in [2.45, 2.75) is 30.0 Å². The minimum Gasteiger partial charge on any atom is -0.370 e. The third-order valence-electron chi connectivity index (χ3n) is 4.02. The zero-order valence-corrected chi connectivity index (χ0v) is 10.5. The lowest BCUT2D eigenvalue weighted by atomic mass is 9.86. The molecule has 1 saturated heterocycles. The first-order valence-electron chi connectivity index (χ1n) is 6.10. The van der Waals surface area contributed by atoms with Crippen LogP contribution in [0.25, 0.3) is 10.4 Å². The molecule has 0 saturated carbocycles. The molecule has 3 atom stereocenters. The fraction of sp³-hybridized carbons (Fsp3) is 0.778. The van der Waals surface area contributed by atoms with Crippen LogP contribution in [0.5, 0.6) is 0 Å². The monoisotopic (exact) mass is 281 g/mol. The van der Waals surface area contributed by atoms with Gasteiger partial charge in [-0.15, -0.1) is 0 Å². The molecular formula is C9H15N9O2. The molecule has 20 heavy (non-hydrogen) atoms. The fourth-order valence-corrected chi connectivity index (χ4v) is 3.19. The second kappa shape index (κ2) is 3.88. The lowest BCUT2D eigenvalue weighted by Crippen LogP contribution is -2.76. The number of nitrogens with two attached hydrogens (primary N) is 2. The van der Waals surface area contributed by atoms with Crippen molar-refractivity contribution >= 4 is 11.9 Å². The molecule has 0 aromatic rings. The molecule has 0 unspecified atom stereocenters. The van der Waals surface area contributed by atoms with E-state index in [-0.39, 0.29) is 24.9 Å². The molecule has 3 heterocycles. The van der Waals surface area contributed by atoms with E-state index in [1.807, 2.05) is 0 Å². The molecule has 0 amide bonds. The number of rotatable bonds is 2. The molecular weight excluding hydrogens is 266 g/mol. The molecule has 0 aromatic heterocycles. The maximum Gasteiger partial charge on any atom is 0.210 e. The zero-order chi connectivity index (χ0) is 14.5. The maximum absolute atomic E-state index is 10.3. The fourth-order valence-electron chi connectivity index (χ4n) is 3.19. The minimum absolute atomic E-state index is 0.00595. The van der Waals surface area contributed by atoms with Gasteiger partial charge in [0, 0.05) is 17.9 Å². The third kappa shape index (κ3) is 1.39. The Morgan fingerprint density at radius 2 is 2.25 bits per heavy atom. The Hall–Kier alpha value is -2.23. The summed E-state index contributed by atoms with van der Waals surface area (Å²) in [5, 5.41) is 27.0. The Bertz CT molecular complexity index is 552. The largest absolute Gasteiger partial charge is 0.370 e. The van der Waals surface area contributed by atoms with E-state index in [1.165, 1.54) is 0 Å². The lowest BCUT2D eigenvalue weighted by molar-refractivity contribution is -0.220. The van der Waals surface area contributed by atoms with Crippen molar-refractivity contribution in [3.8, 4) is 0 Å². The molecule has 1 fully saturated rings. The predicted octanol–water partition coefficient (Wildman–Crippen LogP) is -2.64. The smallest absolute Gasteiger partial charge is 0.210 e. The number of nitrogens with one attached hydrogen (secondary N) is 1. The average Bonchev–Trinajstić information content (AvgIpc) is 2.85. The molecule has 0 aliphatic carbocycles. The van der Waals surface area contributed by atoms with Crippen molar-refractivity contribution < 1.29 is 10.2 Å². The molecule has 1 spiro atoms. The topological polar surface area (TPSA) is 181 Å². The Kier molecular flexibility index (Phi) is 2.48. The van der Waals surface area contributed by atoms with Crippen LogP contribution in [0, 0.1) is 0 Å². The van der Waals surface area contributed by atoms with Gasteiger partial charge in [0.1, 0.15) is 6.04 Å². The summed E-state index contributed by atoms with van der Waals surface area (Å²) in [6.45, 7) is 0.314. The molecule has 0 aromatic carbocycles. The Morgan fingerprint density at radius 1 is 1.50 bits per heavy atom. The summed E-state index contributed by atoms with van der Waals surface area (Å²) >= 11 is 0. The standard InChI is InChI=1S/C9H15N9O2/c10-6-15-5-4(3-13-17-12)14-7(11)18-2-1-8(19,20)9(5,18)16-6/h4-5,19-20H,1-3H2,(H2,11,14)(H3,10,15,16)/t4-,5+,9+/m1/s1. The van der Waals surface area contributed by atoms with E-state index in [2.05, 4.69) is 25.3 Å².